The molecule has 2 heterocycles. The quantitative estimate of drug-likeness (QED) is 0.0758. The number of halogens is 2. The Labute approximate surface area is 308 Å². The molecule has 3 aromatic carbocycles. The second kappa shape index (κ2) is 15.6. The first-order valence-electron chi connectivity index (χ1n) is 16.1. The van der Waals surface area contributed by atoms with Crippen LogP contribution in [0.15, 0.2) is 176 Å². The van der Waals surface area contributed by atoms with Crippen molar-refractivity contribution >= 4 is 47.0 Å². The molecule has 0 amide bonds. The Hall–Kier alpha value is -6.54. The van der Waals surface area contributed by atoms with Crippen molar-refractivity contribution in [1.29, 1.82) is 0 Å². The summed E-state index contributed by atoms with van der Waals surface area (Å²) in [6.07, 6.45) is 17.4. The van der Waals surface area contributed by atoms with Crippen molar-refractivity contribution < 1.29 is 0 Å². The molecule has 0 unspecified atom stereocenters. The zero-order chi connectivity index (χ0) is 35.9. The van der Waals surface area contributed by atoms with Gasteiger partial charge in [-0.15, -0.1) is 11.5 Å². The molecule has 0 spiro atoms. The number of rotatable bonds is 12. The van der Waals surface area contributed by atoms with Gasteiger partial charge in [0.2, 0.25) is 0 Å². The monoisotopic (exact) mass is 722 g/mol. The van der Waals surface area contributed by atoms with Gasteiger partial charge >= 0.3 is 0 Å². The lowest BCUT2D eigenvalue weighted by Gasteiger charge is -2.22. The Morgan fingerprint density at radius 3 is 1.38 bits per heavy atom. The summed E-state index contributed by atoms with van der Waals surface area (Å²) < 4.78 is 2.51. The van der Waals surface area contributed by atoms with Gasteiger partial charge in [-0.05, 0) is 59.7 Å². The van der Waals surface area contributed by atoms with Crippen LogP contribution >= 0.6 is 23.2 Å². The van der Waals surface area contributed by atoms with Crippen LogP contribution in [0, 0.1) is 0 Å². The van der Waals surface area contributed by atoms with Crippen molar-refractivity contribution in [2.24, 2.45) is 10.2 Å². The molecule has 0 aliphatic heterocycles. The maximum Gasteiger partial charge on any atom is 0.292 e. The highest BCUT2D eigenvalue weighted by molar-refractivity contribution is 6.33. The number of hydrogen-bond donors (Lipinski definition) is 0. The van der Waals surface area contributed by atoms with Crippen LogP contribution in [0.1, 0.15) is 11.1 Å². The standard InChI is InChI=1S/C40H28Cl2N8O2/c41-37-35(25-45-49(39(37)51)33-15-3-1-4-16-33)47(43-23-29-11-7-8-12-29)27-31-19-21-32(22-20-31)28-48(44-24-30-13-9-10-14-30)36-26-46-50(40(52)38(36)42)34-17-5-2-6-18-34/h1-11,13,15-26H,27-28H2/b43-23+,44-24+. The number of allylic oxidation sites excluding steroid dienone is 6. The summed E-state index contributed by atoms with van der Waals surface area (Å²) in [7, 11) is 0. The van der Waals surface area contributed by atoms with Gasteiger partial charge in [0.1, 0.15) is 21.4 Å². The second-order valence-corrected chi connectivity index (χ2v) is 12.2. The van der Waals surface area contributed by atoms with Crippen LogP contribution < -0.4 is 21.1 Å². The number of anilines is 2. The molecule has 0 N–H and O–H groups in total. The van der Waals surface area contributed by atoms with Gasteiger partial charge in [-0.25, -0.2) is 0 Å². The molecular formula is C40H28Cl2N8O2. The van der Waals surface area contributed by atoms with Crippen molar-refractivity contribution in [1.82, 2.24) is 19.6 Å². The number of aromatic nitrogens is 4. The topological polar surface area (TPSA) is 101 Å². The van der Waals surface area contributed by atoms with E-state index in [2.05, 4.69) is 31.9 Å². The maximum absolute atomic E-state index is 13.3. The van der Waals surface area contributed by atoms with E-state index in [1.807, 2.05) is 85.0 Å². The van der Waals surface area contributed by atoms with Gasteiger partial charge in [0, 0.05) is 11.1 Å². The minimum absolute atomic E-state index is 0.0191. The lowest BCUT2D eigenvalue weighted by Crippen LogP contribution is -2.26. The summed E-state index contributed by atoms with van der Waals surface area (Å²) >= 11 is 13.4. The van der Waals surface area contributed by atoms with Crippen LogP contribution in [0.2, 0.25) is 10.0 Å². The van der Waals surface area contributed by atoms with Gasteiger partial charge in [-0.2, -0.15) is 29.8 Å². The average Bonchev–Trinajstić information content (AvgIpc) is 3.91. The van der Waals surface area contributed by atoms with Crippen LogP contribution in [0.25, 0.3) is 11.4 Å². The zero-order valence-electron chi connectivity index (χ0n) is 27.4. The fraction of sp³-hybridized carbons (Fsp3) is 0.0500. The summed E-state index contributed by atoms with van der Waals surface area (Å²) in [5.74, 6) is 0. The molecule has 0 bridgehead atoms. The molecule has 0 saturated carbocycles. The fourth-order valence-electron chi connectivity index (χ4n) is 5.30. The molecule has 52 heavy (non-hydrogen) atoms. The second-order valence-electron chi connectivity index (χ2n) is 11.5. The summed E-state index contributed by atoms with van der Waals surface area (Å²) in [6.45, 7) is 0.547. The predicted molar refractivity (Wildman–Crippen MR) is 207 cm³/mol. The SMILES string of the molecule is O=c1c(Cl)c(N(Cc2ccc(CN(/N=C/C3=C=CC=C3)c3cnn(-c4ccccc4)c(=O)c3Cl)cc2)/N=C/C2=C=CC=C2)cnn1-c1ccccc1. The lowest BCUT2D eigenvalue weighted by atomic mass is 10.1. The van der Waals surface area contributed by atoms with Crippen molar-refractivity contribution in [2.45, 2.75) is 13.1 Å². The number of hydrazone groups is 2. The molecule has 2 aliphatic carbocycles. The smallest absolute Gasteiger partial charge is 0.266 e. The fourth-order valence-corrected chi connectivity index (χ4v) is 5.75. The Morgan fingerprint density at radius 1 is 0.615 bits per heavy atom. The van der Waals surface area contributed by atoms with Gasteiger partial charge in [0.25, 0.3) is 11.1 Å². The Balaban J connectivity index is 1.17. The highest BCUT2D eigenvalue weighted by Crippen LogP contribution is 2.27. The van der Waals surface area contributed by atoms with Crippen molar-refractivity contribution in [3.05, 3.63) is 198 Å². The van der Waals surface area contributed by atoms with Gasteiger partial charge in [0.15, 0.2) is 0 Å². The van der Waals surface area contributed by atoms with E-state index in [9.17, 15) is 9.59 Å². The molecule has 0 fully saturated rings. The molecule has 10 nitrogen and oxygen atoms in total. The number of benzene rings is 3. The minimum atomic E-state index is -0.467. The maximum atomic E-state index is 13.3. The van der Waals surface area contributed by atoms with E-state index >= 15 is 0 Å². The van der Waals surface area contributed by atoms with E-state index in [4.69, 9.17) is 23.2 Å². The normalized spacial score (nSPS) is 13.0. The first-order chi connectivity index (χ1) is 25.4. The van der Waals surface area contributed by atoms with Crippen molar-refractivity contribution in [2.75, 3.05) is 10.0 Å². The van der Waals surface area contributed by atoms with Crippen LogP contribution in [0.4, 0.5) is 11.4 Å². The molecule has 0 atom stereocenters. The number of para-hydroxylation sites is 2. The van der Waals surface area contributed by atoms with Gasteiger partial charge < -0.3 is 0 Å². The first-order valence-corrected chi connectivity index (χ1v) is 16.8. The Bertz CT molecular complexity index is 2330. The van der Waals surface area contributed by atoms with Crippen LogP contribution in [-0.2, 0) is 13.1 Å². The molecule has 7 rings (SSSR count). The summed E-state index contributed by atoms with van der Waals surface area (Å²) in [5, 5.41) is 21.3. The van der Waals surface area contributed by atoms with E-state index in [-0.39, 0.29) is 23.1 Å². The molecule has 2 aromatic heterocycles. The molecule has 12 heteroatoms. The minimum Gasteiger partial charge on any atom is -0.266 e. The Morgan fingerprint density at radius 2 is 1.02 bits per heavy atom. The van der Waals surface area contributed by atoms with Gasteiger partial charge in [-0.3, -0.25) is 19.6 Å². The third-order valence-corrected chi connectivity index (χ3v) is 8.67. The number of nitrogens with zero attached hydrogens (tertiary/aromatic N) is 8. The third-order valence-electron chi connectivity index (χ3n) is 7.96. The zero-order valence-corrected chi connectivity index (χ0v) is 28.9. The highest BCUT2D eigenvalue weighted by Gasteiger charge is 2.19. The van der Waals surface area contributed by atoms with E-state index in [1.54, 1.807) is 58.9 Å². The summed E-state index contributed by atoms with van der Waals surface area (Å²) in [4.78, 5) is 26.7. The predicted octanol–water partition coefficient (Wildman–Crippen LogP) is 7.37. The van der Waals surface area contributed by atoms with Crippen LogP contribution in [0.3, 0.4) is 0 Å². The van der Waals surface area contributed by atoms with Gasteiger partial charge in [0.05, 0.1) is 49.3 Å². The largest absolute Gasteiger partial charge is 0.292 e. The Kier molecular flexibility index (Phi) is 10.2. The van der Waals surface area contributed by atoms with Crippen molar-refractivity contribution in [3.63, 3.8) is 0 Å². The lowest BCUT2D eigenvalue weighted by molar-refractivity contribution is 0.780. The molecular weight excluding hydrogens is 695 g/mol. The average molecular weight is 724 g/mol. The highest BCUT2D eigenvalue weighted by atomic mass is 35.5. The third kappa shape index (κ3) is 7.61. The number of hydrogen-bond acceptors (Lipinski definition) is 8. The van der Waals surface area contributed by atoms with E-state index < -0.39 is 11.1 Å². The summed E-state index contributed by atoms with van der Waals surface area (Å²) in [6, 6.07) is 25.9. The molecule has 254 valence electrons. The molecule has 5 aromatic rings. The van der Waals surface area contributed by atoms with E-state index in [1.165, 1.54) is 21.8 Å². The molecule has 0 radical (unpaired) electrons. The first kappa shape index (κ1) is 33.9. The summed E-state index contributed by atoms with van der Waals surface area (Å²) in [5.41, 5.74) is 10.4. The molecule has 2 aliphatic rings. The van der Waals surface area contributed by atoms with Crippen molar-refractivity contribution in [3.8, 4) is 11.4 Å². The molecule has 0 saturated heterocycles. The van der Waals surface area contributed by atoms with E-state index in [0.29, 0.717) is 22.7 Å². The van der Waals surface area contributed by atoms with Gasteiger partial charge in [-0.1, -0.05) is 96.0 Å². The van der Waals surface area contributed by atoms with E-state index in [0.717, 1.165) is 22.3 Å². The van der Waals surface area contributed by atoms with Crippen LogP contribution in [-0.4, -0.2) is 32.0 Å². The van der Waals surface area contributed by atoms with Crippen LogP contribution in [0.5, 0.6) is 0 Å².